The Hall–Kier alpha value is -0.880. The molecule has 0 unspecified atom stereocenters. The Morgan fingerprint density at radius 3 is 2.76 bits per heavy atom. The summed E-state index contributed by atoms with van der Waals surface area (Å²) in [5, 5.41) is 8.99. The van der Waals surface area contributed by atoms with Crippen LogP contribution in [0.25, 0.3) is 11.0 Å². The molecule has 2 aromatic rings. The summed E-state index contributed by atoms with van der Waals surface area (Å²) < 4.78 is 7.02. The van der Waals surface area contributed by atoms with Crippen molar-refractivity contribution in [3.8, 4) is 0 Å². The molecule has 17 heavy (non-hydrogen) atoms. The van der Waals surface area contributed by atoms with E-state index in [0.717, 1.165) is 11.0 Å². The van der Waals surface area contributed by atoms with E-state index >= 15 is 0 Å². The average Bonchev–Trinajstić information content (AvgIpc) is 2.68. The highest BCUT2D eigenvalue weighted by atomic mass is 35.5. The van der Waals surface area contributed by atoms with Crippen LogP contribution in [0.15, 0.2) is 12.1 Å². The van der Waals surface area contributed by atoms with Crippen molar-refractivity contribution in [2.75, 3.05) is 19.8 Å². The van der Waals surface area contributed by atoms with E-state index in [2.05, 4.69) is 10.3 Å². The van der Waals surface area contributed by atoms with E-state index in [1.54, 1.807) is 16.8 Å². The molecule has 0 saturated heterocycles. The topological polar surface area (TPSA) is 66.0 Å². The zero-order valence-electron chi connectivity index (χ0n) is 9.07. The Morgan fingerprint density at radius 2 is 2.00 bits per heavy atom. The summed E-state index contributed by atoms with van der Waals surface area (Å²) in [7, 11) is 0. The molecule has 0 atom stereocenters. The molecule has 0 aliphatic rings. The Kier molecular flexibility index (Phi) is 4.17. The SMILES string of the molecule is NCCOCCn1nnc2cc(Cl)c(Cl)cc21. The summed E-state index contributed by atoms with van der Waals surface area (Å²) in [6, 6.07) is 3.45. The number of benzene rings is 1. The lowest BCUT2D eigenvalue weighted by molar-refractivity contribution is 0.131. The summed E-state index contributed by atoms with van der Waals surface area (Å²) in [5.74, 6) is 0. The third-order valence-corrected chi connectivity index (χ3v) is 2.99. The van der Waals surface area contributed by atoms with Gasteiger partial charge in [0.2, 0.25) is 0 Å². The summed E-state index contributed by atoms with van der Waals surface area (Å²) in [4.78, 5) is 0. The smallest absolute Gasteiger partial charge is 0.114 e. The van der Waals surface area contributed by atoms with Crippen molar-refractivity contribution in [1.82, 2.24) is 15.0 Å². The second kappa shape index (κ2) is 5.64. The first-order valence-electron chi connectivity index (χ1n) is 5.18. The Morgan fingerprint density at radius 1 is 1.24 bits per heavy atom. The van der Waals surface area contributed by atoms with Crippen molar-refractivity contribution in [3.63, 3.8) is 0 Å². The summed E-state index contributed by atoms with van der Waals surface area (Å²) >= 11 is 11.8. The molecule has 0 fully saturated rings. The number of fused-ring (bicyclic) bond motifs is 1. The van der Waals surface area contributed by atoms with Gasteiger partial charge < -0.3 is 10.5 Å². The average molecular weight is 275 g/mol. The third kappa shape index (κ3) is 2.87. The van der Waals surface area contributed by atoms with Gasteiger partial charge in [0.1, 0.15) is 5.52 Å². The minimum absolute atomic E-state index is 0.477. The molecule has 2 rings (SSSR count). The van der Waals surface area contributed by atoms with Gasteiger partial charge in [-0.1, -0.05) is 28.4 Å². The maximum atomic E-state index is 5.95. The molecular weight excluding hydrogens is 263 g/mol. The molecule has 0 aliphatic heterocycles. The van der Waals surface area contributed by atoms with E-state index in [9.17, 15) is 0 Å². The quantitative estimate of drug-likeness (QED) is 0.844. The molecule has 0 spiro atoms. The first-order valence-corrected chi connectivity index (χ1v) is 5.94. The molecule has 2 N–H and O–H groups in total. The van der Waals surface area contributed by atoms with E-state index in [1.165, 1.54) is 0 Å². The highest BCUT2D eigenvalue weighted by Crippen LogP contribution is 2.26. The molecule has 5 nitrogen and oxygen atoms in total. The maximum Gasteiger partial charge on any atom is 0.114 e. The minimum Gasteiger partial charge on any atom is -0.378 e. The van der Waals surface area contributed by atoms with Gasteiger partial charge in [0.25, 0.3) is 0 Å². The van der Waals surface area contributed by atoms with Crippen LogP contribution in [0.3, 0.4) is 0 Å². The van der Waals surface area contributed by atoms with Gasteiger partial charge in [-0.15, -0.1) is 5.10 Å². The van der Waals surface area contributed by atoms with E-state index in [4.69, 9.17) is 33.7 Å². The Labute approximate surface area is 108 Å². The van der Waals surface area contributed by atoms with E-state index < -0.39 is 0 Å². The van der Waals surface area contributed by atoms with Crippen LogP contribution in [0.1, 0.15) is 0 Å². The second-order valence-electron chi connectivity index (χ2n) is 3.47. The van der Waals surface area contributed by atoms with Crippen LogP contribution >= 0.6 is 23.2 Å². The highest BCUT2D eigenvalue weighted by Gasteiger charge is 2.08. The molecule has 0 saturated carbocycles. The second-order valence-corrected chi connectivity index (χ2v) is 4.28. The van der Waals surface area contributed by atoms with Crippen molar-refractivity contribution in [3.05, 3.63) is 22.2 Å². The van der Waals surface area contributed by atoms with Crippen molar-refractivity contribution in [1.29, 1.82) is 0 Å². The Bertz CT molecular complexity index is 514. The van der Waals surface area contributed by atoms with Gasteiger partial charge in [0.05, 0.1) is 35.3 Å². The largest absolute Gasteiger partial charge is 0.378 e. The van der Waals surface area contributed by atoms with Crippen molar-refractivity contribution >= 4 is 34.2 Å². The summed E-state index contributed by atoms with van der Waals surface area (Å²) in [6.45, 7) is 2.20. The van der Waals surface area contributed by atoms with Crippen molar-refractivity contribution < 1.29 is 4.74 Å². The number of hydrogen-bond acceptors (Lipinski definition) is 4. The monoisotopic (exact) mass is 274 g/mol. The number of aromatic nitrogens is 3. The summed E-state index contributed by atoms with van der Waals surface area (Å²) in [6.07, 6.45) is 0. The highest BCUT2D eigenvalue weighted by molar-refractivity contribution is 6.42. The number of halogens is 2. The van der Waals surface area contributed by atoms with Gasteiger partial charge in [0.15, 0.2) is 0 Å². The molecule has 1 aromatic heterocycles. The van der Waals surface area contributed by atoms with Gasteiger partial charge in [-0.05, 0) is 12.1 Å². The number of nitrogens with two attached hydrogens (primary N) is 1. The fourth-order valence-electron chi connectivity index (χ4n) is 1.46. The van der Waals surface area contributed by atoms with Crippen LogP contribution < -0.4 is 5.73 Å². The third-order valence-electron chi connectivity index (χ3n) is 2.27. The minimum atomic E-state index is 0.477. The zero-order valence-corrected chi connectivity index (χ0v) is 10.6. The predicted octanol–water partition coefficient (Wildman–Crippen LogP) is 1.71. The van der Waals surface area contributed by atoms with E-state index in [-0.39, 0.29) is 0 Å². The van der Waals surface area contributed by atoms with Gasteiger partial charge >= 0.3 is 0 Å². The molecule has 1 aromatic carbocycles. The summed E-state index contributed by atoms with van der Waals surface area (Å²) in [5.41, 5.74) is 6.89. The molecule has 92 valence electrons. The van der Waals surface area contributed by atoms with Crippen LogP contribution in [0.4, 0.5) is 0 Å². The van der Waals surface area contributed by atoms with Crippen LogP contribution in [0, 0.1) is 0 Å². The normalized spacial score (nSPS) is 11.2. The molecule has 0 amide bonds. The van der Waals surface area contributed by atoms with Crippen molar-refractivity contribution in [2.24, 2.45) is 5.73 Å². The number of rotatable bonds is 5. The molecular formula is C10H12Cl2N4O. The van der Waals surface area contributed by atoms with Gasteiger partial charge in [-0.3, -0.25) is 0 Å². The van der Waals surface area contributed by atoms with Crippen LogP contribution in [-0.2, 0) is 11.3 Å². The first-order chi connectivity index (χ1) is 8.22. The lowest BCUT2D eigenvalue weighted by Crippen LogP contribution is -2.13. The lowest BCUT2D eigenvalue weighted by Gasteiger charge is -2.03. The molecule has 7 heteroatoms. The lowest BCUT2D eigenvalue weighted by atomic mass is 10.3. The molecule has 0 aliphatic carbocycles. The number of hydrogen-bond donors (Lipinski definition) is 1. The molecule has 1 heterocycles. The zero-order chi connectivity index (χ0) is 12.3. The fraction of sp³-hybridized carbons (Fsp3) is 0.400. The van der Waals surface area contributed by atoms with Gasteiger partial charge in [-0.25, -0.2) is 4.68 Å². The maximum absolute atomic E-state index is 5.95. The molecule has 0 bridgehead atoms. The van der Waals surface area contributed by atoms with Gasteiger partial charge in [-0.2, -0.15) is 0 Å². The predicted molar refractivity (Wildman–Crippen MR) is 67.4 cm³/mol. The van der Waals surface area contributed by atoms with Crippen LogP contribution in [-0.4, -0.2) is 34.8 Å². The van der Waals surface area contributed by atoms with E-state index in [1.807, 2.05) is 0 Å². The van der Waals surface area contributed by atoms with Gasteiger partial charge in [0, 0.05) is 6.54 Å². The van der Waals surface area contributed by atoms with Crippen molar-refractivity contribution in [2.45, 2.75) is 6.54 Å². The molecule has 0 radical (unpaired) electrons. The standard InChI is InChI=1S/C10H12Cl2N4O/c11-7-5-9-10(6-8(7)12)16(15-14-9)2-4-17-3-1-13/h5-6H,1-4,13H2. The van der Waals surface area contributed by atoms with Crippen LogP contribution in [0.5, 0.6) is 0 Å². The fourth-order valence-corrected chi connectivity index (χ4v) is 1.78. The van der Waals surface area contributed by atoms with Crippen LogP contribution in [0.2, 0.25) is 10.0 Å². The Balaban J connectivity index is 2.15. The number of nitrogens with zero attached hydrogens (tertiary/aromatic N) is 3. The first kappa shape index (κ1) is 12.6. The van der Waals surface area contributed by atoms with E-state index in [0.29, 0.717) is 36.3 Å². The number of ether oxygens (including phenoxy) is 1.